The Hall–Kier alpha value is -1.02. The van der Waals surface area contributed by atoms with Crippen LogP contribution in [0.5, 0.6) is 0 Å². The molecule has 0 heterocycles. The topological polar surface area (TPSA) is 15.3 Å². The van der Waals surface area contributed by atoms with Crippen molar-refractivity contribution in [1.29, 1.82) is 0 Å². The van der Waals surface area contributed by atoms with Crippen LogP contribution in [0.4, 0.5) is 5.69 Å². The predicted molar refractivity (Wildman–Crippen MR) is 58.1 cm³/mol. The molecule has 2 heteroatoms. The van der Waals surface area contributed by atoms with Gasteiger partial charge in [0.1, 0.15) is 0 Å². The number of nitrogens with zero attached hydrogens (tertiary/aromatic N) is 1. The molecule has 2 nitrogen and oxygen atoms in total. The zero-order chi connectivity index (χ0) is 9.68. The molecule has 1 atom stereocenters. The summed E-state index contributed by atoms with van der Waals surface area (Å²) >= 11 is 0. The van der Waals surface area contributed by atoms with Gasteiger partial charge in [0.25, 0.3) is 0 Å². The maximum Gasteiger partial charge on any atom is 0.0360 e. The number of anilines is 1. The third-order valence-electron chi connectivity index (χ3n) is 1.83. The van der Waals surface area contributed by atoms with E-state index in [1.54, 1.807) is 0 Å². The molecule has 0 bridgehead atoms. The molecule has 0 aromatic heterocycles. The van der Waals surface area contributed by atoms with Crippen LogP contribution in [-0.4, -0.2) is 31.6 Å². The van der Waals surface area contributed by atoms with Crippen LogP contribution in [0.25, 0.3) is 0 Å². The van der Waals surface area contributed by atoms with Crippen LogP contribution < -0.4 is 5.32 Å². The van der Waals surface area contributed by atoms with Crippen molar-refractivity contribution < 1.29 is 0 Å². The van der Waals surface area contributed by atoms with Gasteiger partial charge < -0.3 is 10.2 Å². The fraction of sp³-hybridized carbons (Fsp3) is 0.455. The number of likely N-dealkylation sites (N-methyl/N-ethyl adjacent to an activating group) is 1. The fourth-order valence-electron chi connectivity index (χ4n) is 1.41. The minimum atomic E-state index is 0.484. The number of para-hydroxylation sites is 1. The number of rotatable bonds is 4. The number of hydrogen-bond donors (Lipinski definition) is 1. The van der Waals surface area contributed by atoms with Crippen LogP contribution >= 0.6 is 0 Å². The van der Waals surface area contributed by atoms with Crippen LogP contribution in [0.15, 0.2) is 30.3 Å². The largest absolute Gasteiger partial charge is 0.381 e. The predicted octanol–water partition coefficient (Wildman–Crippen LogP) is 2.05. The van der Waals surface area contributed by atoms with E-state index in [-0.39, 0.29) is 0 Å². The van der Waals surface area contributed by atoms with Crippen molar-refractivity contribution in [3.8, 4) is 0 Å². The Balaban J connectivity index is 2.41. The summed E-state index contributed by atoms with van der Waals surface area (Å²) in [6, 6.07) is 10.8. The highest BCUT2D eigenvalue weighted by molar-refractivity contribution is 5.43. The quantitative estimate of drug-likeness (QED) is 0.759. The molecular formula is C11H18N2. The summed E-state index contributed by atoms with van der Waals surface area (Å²) in [6.07, 6.45) is 0. The monoisotopic (exact) mass is 178 g/mol. The van der Waals surface area contributed by atoms with E-state index in [0.29, 0.717) is 6.04 Å². The van der Waals surface area contributed by atoms with Crippen molar-refractivity contribution in [3.63, 3.8) is 0 Å². The molecule has 0 aliphatic rings. The molecule has 1 aromatic rings. The van der Waals surface area contributed by atoms with Crippen molar-refractivity contribution in [2.24, 2.45) is 0 Å². The van der Waals surface area contributed by atoms with Gasteiger partial charge in [-0.2, -0.15) is 0 Å². The molecule has 0 radical (unpaired) electrons. The lowest BCUT2D eigenvalue weighted by molar-refractivity contribution is 0.392. The molecule has 72 valence electrons. The van der Waals surface area contributed by atoms with Gasteiger partial charge >= 0.3 is 0 Å². The van der Waals surface area contributed by atoms with E-state index in [9.17, 15) is 0 Å². The summed E-state index contributed by atoms with van der Waals surface area (Å²) in [5.41, 5.74) is 1.19. The lowest BCUT2D eigenvalue weighted by atomic mass is 10.2. The van der Waals surface area contributed by atoms with E-state index in [1.807, 2.05) is 18.2 Å². The maximum absolute atomic E-state index is 3.43. The van der Waals surface area contributed by atoms with E-state index >= 15 is 0 Å². The van der Waals surface area contributed by atoms with Crippen molar-refractivity contribution in [2.45, 2.75) is 13.0 Å². The second-order valence-corrected chi connectivity index (χ2v) is 3.67. The van der Waals surface area contributed by atoms with Crippen LogP contribution in [0.3, 0.4) is 0 Å². The Labute approximate surface area is 80.6 Å². The van der Waals surface area contributed by atoms with E-state index < -0.39 is 0 Å². The van der Waals surface area contributed by atoms with Gasteiger partial charge in [0.2, 0.25) is 0 Å². The molecule has 1 N–H and O–H groups in total. The molecule has 0 saturated carbocycles. The molecule has 0 spiro atoms. The molecule has 0 aliphatic carbocycles. The van der Waals surface area contributed by atoms with Gasteiger partial charge in [-0.05, 0) is 33.2 Å². The molecule has 13 heavy (non-hydrogen) atoms. The first-order valence-electron chi connectivity index (χ1n) is 4.65. The Morgan fingerprint density at radius 1 is 1.23 bits per heavy atom. The SMILES string of the molecule is CC(CN(C)C)Nc1ccccc1. The molecule has 0 aliphatic heterocycles. The van der Waals surface area contributed by atoms with Gasteiger partial charge in [-0.3, -0.25) is 0 Å². The minimum absolute atomic E-state index is 0.484. The zero-order valence-electron chi connectivity index (χ0n) is 8.62. The summed E-state index contributed by atoms with van der Waals surface area (Å²) < 4.78 is 0. The van der Waals surface area contributed by atoms with E-state index in [1.165, 1.54) is 5.69 Å². The Kier molecular flexibility index (Phi) is 3.77. The average Bonchev–Trinajstić information content (AvgIpc) is 2.04. The lowest BCUT2D eigenvalue weighted by Gasteiger charge is -2.19. The first-order chi connectivity index (χ1) is 6.18. The van der Waals surface area contributed by atoms with Crippen molar-refractivity contribution >= 4 is 5.69 Å². The highest BCUT2D eigenvalue weighted by Gasteiger charge is 2.01. The molecule has 1 unspecified atom stereocenters. The molecule has 1 aromatic carbocycles. The maximum atomic E-state index is 3.43. The second-order valence-electron chi connectivity index (χ2n) is 3.67. The Bertz CT molecular complexity index is 231. The highest BCUT2D eigenvalue weighted by Crippen LogP contribution is 2.06. The van der Waals surface area contributed by atoms with Crippen LogP contribution in [0.1, 0.15) is 6.92 Å². The van der Waals surface area contributed by atoms with Crippen LogP contribution in [0.2, 0.25) is 0 Å². The first-order valence-corrected chi connectivity index (χ1v) is 4.65. The van der Waals surface area contributed by atoms with Gasteiger partial charge in [-0.15, -0.1) is 0 Å². The van der Waals surface area contributed by atoms with Crippen LogP contribution in [0, 0.1) is 0 Å². The molecule has 0 fully saturated rings. The van der Waals surface area contributed by atoms with E-state index in [0.717, 1.165) is 6.54 Å². The van der Waals surface area contributed by atoms with Crippen molar-refractivity contribution in [2.75, 3.05) is 26.0 Å². The molecule has 0 saturated heterocycles. The third-order valence-corrected chi connectivity index (χ3v) is 1.83. The second kappa shape index (κ2) is 4.87. The normalized spacial score (nSPS) is 12.9. The zero-order valence-corrected chi connectivity index (χ0v) is 8.62. The van der Waals surface area contributed by atoms with Gasteiger partial charge in [0.05, 0.1) is 0 Å². The molecule has 1 rings (SSSR count). The summed E-state index contributed by atoms with van der Waals surface area (Å²) in [7, 11) is 4.17. The number of hydrogen-bond acceptors (Lipinski definition) is 2. The lowest BCUT2D eigenvalue weighted by Crippen LogP contribution is -2.29. The van der Waals surface area contributed by atoms with Gasteiger partial charge in [-0.25, -0.2) is 0 Å². The third kappa shape index (κ3) is 3.95. The molecular weight excluding hydrogens is 160 g/mol. The summed E-state index contributed by atoms with van der Waals surface area (Å²) in [4.78, 5) is 2.18. The van der Waals surface area contributed by atoms with Gasteiger partial charge in [-0.1, -0.05) is 18.2 Å². The Morgan fingerprint density at radius 3 is 2.38 bits per heavy atom. The van der Waals surface area contributed by atoms with Crippen LogP contribution in [-0.2, 0) is 0 Å². The standard InChI is InChI=1S/C11H18N2/c1-10(9-13(2)3)12-11-7-5-4-6-8-11/h4-8,10,12H,9H2,1-3H3. The summed E-state index contributed by atoms with van der Waals surface area (Å²) in [5, 5.41) is 3.43. The number of nitrogens with one attached hydrogen (secondary N) is 1. The average molecular weight is 178 g/mol. The molecule has 0 amide bonds. The van der Waals surface area contributed by atoms with Gasteiger partial charge in [0.15, 0.2) is 0 Å². The van der Waals surface area contributed by atoms with Crippen molar-refractivity contribution in [1.82, 2.24) is 4.90 Å². The number of benzene rings is 1. The summed E-state index contributed by atoms with van der Waals surface area (Å²) in [5.74, 6) is 0. The smallest absolute Gasteiger partial charge is 0.0360 e. The van der Waals surface area contributed by atoms with E-state index in [2.05, 4.69) is 43.4 Å². The van der Waals surface area contributed by atoms with Gasteiger partial charge in [0, 0.05) is 18.3 Å². The fourth-order valence-corrected chi connectivity index (χ4v) is 1.41. The Morgan fingerprint density at radius 2 is 1.85 bits per heavy atom. The minimum Gasteiger partial charge on any atom is -0.381 e. The first kappa shape index (κ1) is 10.1. The summed E-state index contributed by atoms with van der Waals surface area (Å²) in [6.45, 7) is 3.24. The highest BCUT2D eigenvalue weighted by atomic mass is 15.1. The van der Waals surface area contributed by atoms with E-state index in [4.69, 9.17) is 0 Å². The van der Waals surface area contributed by atoms with Crippen molar-refractivity contribution in [3.05, 3.63) is 30.3 Å².